The highest BCUT2D eigenvalue weighted by Crippen LogP contribution is 2.31. The molecule has 10 heteroatoms. The lowest BCUT2D eigenvalue weighted by atomic mass is 9.84. The lowest BCUT2D eigenvalue weighted by Crippen LogP contribution is -2.67. The van der Waals surface area contributed by atoms with Crippen LogP contribution in [-0.2, 0) is 32.2 Å². The Labute approximate surface area is 256 Å². The van der Waals surface area contributed by atoms with Crippen LogP contribution in [0.3, 0.4) is 0 Å². The quantitative estimate of drug-likeness (QED) is 0.165. The number of nitrogens with two attached hydrogens (primary N) is 3. The van der Waals surface area contributed by atoms with Crippen molar-refractivity contribution in [2.75, 3.05) is 6.61 Å². The van der Waals surface area contributed by atoms with Gasteiger partial charge < -0.3 is 51.5 Å². The van der Waals surface area contributed by atoms with Gasteiger partial charge in [0.1, 0.15) is 30.5 Å². The minimum Gasteiger partial charge on any atom is -0.394 e. The van der Waals surface area contributed by atoms with E-state index in [0.29, 0.717) is 0 Å². The van der Waals surface area contributed by atoms with Crippen molar-refractivity contribution < 1.29 is 34.3 Å². The number of rotatable bonds is 9. The topological polar surface area (TPSA) is 176 Å². The summed E-state index contributed by atoms with van der Waals surface area (Å²) in [5.74, 6) is 0. The highest BCUT2D eigenvalue weighted by Gasteiger charge is 2.49. The van der Waals surface area contributed by atoms with Gasteiger partial charge in [-0.05, 0) is 51.2 Å². The third-order valence-electron chi connectivity index (χ3n) is 8.77. The van der Waals surface area contributed by atoms with Gasteiger partial charge in [-0.3, -0.25) is 0 Å². The number of hydrogen-bond acceptors (Lipinski definition) is 10. The maximum Gasteiger partial charge on any atom is 0.176 e. The average molecular weight is 604 g/mol. The zero-order valence-corrected chi connectivity index (χ0v) is 24.4. The van der Waals surface area contributed by atoms with Crippen LogP contribution >= 0.6 is 0 Å². The van der Waals surface area contributed by atoms with Crippen molar-refractivity contribution in [1.29, 1.82) is 0 Å². The molecule has 4 aromatic carbocycles. The zero-order chi connectivity index (χ0) is 30.8. The van der Waals surface area contributed by atoms with Gasteiger partial charge in [0.2, 0.25) is 0 Å². The molecule has 4 aromatic rings. The molecule has 2 aliphatic rings. The van der Waals surface area contributed by atoms with Gasteiger partial charge in [-0.2, -0.15) is 0 Å². The van der Waals surface area contributed by atoms with Crippen molar-refractivity contribution in [3.8, 4) is 0 Å². The maximum absolute atomic E-state index is 11.1. The Bertz CT molecular complexity index is 1560. The van der Waals surface area contributed by atoms with Crippen LogP contribution < -0.4 is 17.2 Å². The molecular formula is C34H41N3O7. The van der Waals surface area contributed by atoms with E-state index in [9.17, 15) is 15.3 Å². The van der Waals surface area contributed by atoms with E-state index in [1.807, 2.05) is 84.9 Å². The Morgan fingerprint density at radius 3 is 1.77 bits per heavy atom. The maximum atomic E-state index is 11.1. The highest BCUT2D eigenvalue weighted by molar-refractivity contribution is 5.83. The van der Waals surface area contributed by atoms with Gasteiger partial charge in [-0.15, -0.1) is 0 Å². The molecule has 0 spiro atoms. The number of hydrogen-bond donors (Lipinski definition) is 6. The summed E-state index contributed by atoms with van der Waals surface area (Å²) in [4.78, 5) is 0. The number of benzene rings is 4. The predicted octanol–water partition coefficient (Wildman–Crippen LogP) is 1.67. The second-order valence-corrected chi connectivity index (χ2v) is 11.9. The number of aliphatic hydroxyl groups excluding tert-OH is 3. The average Bonchev–Trinajstić information content (AvgIpc) is 3.04. The van der Waals surface area contributed by atoms with Crippen LogP contribution in [0.2, 0.25) is 0 Å². The van der Waals surface area contributed by atoms with E-state index < -0.39 is 67.6 Å². The Morgan fingerprint density at radius 2 is 1.20 bits per heavy atom. The molecule has 4 unspecified atom stereocenters. The van der Waals surface area contributed by atoms with Gasteiger partial charge in [0.05, 0.1) is 32.0 Å². The summed E-state index contributed by atoms with van der Waals surface area (Å²) in [6, 6.07) is 25.9. The Kier molecular flexibility index (Phi) is 9.55. The van der Waals surface area contributed by atoms with Crippen molar-refractivity contribution in [2.24, 2.45) is 17.2 Å². The van der Waals surface area contributed by atoms with Crippen molar-refractivity contribution in [2.45, 2.75) is 80.7 Å². The van der Waals surface area contributed by atoms with Crippen LogP contribution in [0.5, 0.6) is 0 Å². The van der Waals surface area contributed by atoms with E-state index in [1.165, 1.54) is 0 Å². The third-order valence-corrected chi connectivity index (χ3v) is 8.77. The molecule has 10 nitrogen and oxygen atoms in total. The third kappa shape index (κ3) is 6.51. The van der Waals surface area contributed by atoms with Crippen LogP contribution in [-0.4, -0.2) is 83.0 Å². The molecule has 0 amide bonds. The lowest BCUT2D eigenvalue weighted by Gasteiger charge is -2.47. The SMILES string of the molecule is NC1C[C@@H](N)[C@@H](O)C(OCc2ccc3ccccc3c2)[C@@H]1O[C@H]1OC(CO)[C@@H](O)[C@H](OCc2ccc3ccccc3c2)C1N. The fourth-order valence-electron chi connectivity index (χ4n) is 6.26. The van der Waals surface area contributed by atoms with Gasteiger partial charge in [0, 0.05) is 12.1 Å². The molecule has 2 fully saturated rings. The van der Waals surface area contributed by atoms with Gasteiger partial charge >= 0.3 is 0 Å². The first-order valence-electron chi connectivity index (χ1n) is 15.1. The summed E-state index contributed by atoms with van der Waals surface area (Å²) in [6.45, 7) is -0.103. The Balaban J connectivity index is 1.17. The van der Waals surface area contributed by atoms with Crippen LogP contribution in [0.4, 0.5) is 0 Å². The first-order valence-corrected chi connectivity index (χ1v) is 15.1. The Hall–Kier alpha value is -3.00. The lowest BCUT2D eigenvalue weighted by molar-refractivity contribution is -0.302. The fraction of sp³-hybridized carbons (Fsp3) is 0.412. The molecule has 0 radical (unpaired) electrons. The summed E-state index contributed by atoms with van der Waals surface area (Å²) in [6.07, 6.45) is -6.72. The summed E-state index contributed by atoms with van der Waals surface area (Å²) in [5, 5.41) is 36.4. The van der Waals surface area contributed by atoms with E-state index in [1.54, 1.807) is 0 Å². The van der Waals surface area contributed by atoms with Crippen LogP contribution in [0.15, 0.2) is 84.9 Å². The molecule has 6 rings (SSSR count). The van der Waals surface area contributed by atoms with E-state index in [4.69, 9.17) is 36.1 Å². The first-order chi connectivity index (χ1) is 21.3. The van der Waals surface area contributed by atoms with Crippen molar-refractivity contribution >= 4 is 21.5 Å². The molecule has 9 N–H and O–H groups in total. The zero-order valence-electron chi connectivity index (χ0n) is 24.4. The van der Waals surface area contributed by atoms with Gasteiger partial charge in [0.25, 0.3) is 0 Å². The summed E-state index contributed by atoms with van der Waals surface area (Å²) in [5.41, 5.74) is 21.2. The smallest absolute Gasteiger partial charge is 0.176 e. The number of fused-ring (bicyclic) bond motifs is 2. The van der Waals surface area contributed by atoms with Gasteiger partial charge in [-0.1, -0.05) is 72.8 Å². The van der Waals surface area contributed by atoms with Crippen LogP contribution in [0.1, 0.15) is 17.5 Å². The van der Waals surface area contributed by atoms with Crippen LogP contribution in [0.25, 0.3) is 21.5 Å². The van der Waals surface area contributed by atoms with E-state index in [2.05, 4.69) is 0 Å². The predicted molar refractivity (Wildman–Crippen MR) is 166 cm³/mol. The molecule has 1 aliphatic carbocycles. The molecular weight excluding hydrogens is 562 g/mol. The molecule has 0 aromatic heterocycles. The minimum atomic E-state index is -1.20. The van der Waals surface area contributed by atoms with Crippen molar-refractivity contribution in [3.63, 3.8) is 0 Å². The molecule has 0 bridgehead atoms. The fourth-order valence-corrected chi connectivity index (χ4v) is 6.26. The summed E-state index contributed by atoms with van der Waals surface area (Å²) < 4.78 is 24.7. The van der Waals surface area contributed by atoms with Crippen LogP contribution in [0, 0.1) is 0 Å². The number of aliphatic hydroxyl groups is 3. The molecule has 234 valence electrons. The monoisotopic (exact) mass is 603 g/mol. The molecule has 1 saturated carbocycles. The Morgan fingerprint density at radius 1 is 0.659 bits per heavy atom. The molecule has 1 saturated heterocycles. The molecule has 1 heterocycles. The van der Waals surface area contributed by atoms with Gasteiger partial charge in [0.15, 0.2) is 6.29 Å². The van der Waals surface area contributed by atoms with E-state index in [0.717, 1.165) is 32.7 Å². The summed E-state index contributed by atoms with van der Waals surface area (Å²) >= 11 is 0. The standard InChI is InChI=1S/C34H41N3O7/c35-25-15-26(36)31(33(29(25)39)42-18-20-10-12-22-6-2-4-8-24(22)14-20)44-34-28(37)32(30(40)27(16-38)43-34)41-17-19-9-11-21-5-1-3-7-23(21)13-19/h1-14,25-34,38-40H,15-18,35-37H2/t25-,26?,27?,28?,29-,30-,31-,32-,33?,34-/m1/s1. The van der Waals surface area contributed by atoms with Gasteiger partial charge in [-0.25, -0.2) is 0 Å². The second kappa shape index (κ2) is 13.6. The molecule has 1 aliphatic heterocycles. The molecule has 44 heavy (non-hydrogen) atoms. The minimum absolute atomic E-state index is 0.180. The summed E-state index contributed by atoms with van der Waals surface area (Å²) in [7, 11) is 0. The largest absolute Gasteiger partial charge is 0.394 e. The first kappa shape index (κ1) is 31.0. The number of ether oxygens (including phenoxy) is 4. The second-order valence-electron chi connectivity index (χ2n) is 11.9. The van der Waals surface area contributed by atoms with Crippen molar-refractivity contribution in [3.05, 3.63) is 96.1 Å². The molecule has 10 atom stereocenters. The van der Waals surface area contributed by atoms with E-state index in [-0.39, 0.29) is 19.6 Å². The van der Waals surface area contributed by atoms with Crippen molar-refractivity contribution in [1.82, 2.24) is 0 Å². The normalized spacial score (nSPS) is 32.7. The highest BCUT2D eigenvalue weighted by atomic mass is 16.7. The van der Waals surface area contributed by atoms with E-state index >= 15 is 0 Å².